The summed E-state index contributed by atoms with van der Waals surface area (Å²) in [5.41, 5.74) is 4.91. The monoisotopic (exact) mass is 298 g/mol. The highest BCUT2D eigenvalue weighted by molar-refractivity contribution is 5.84. The van der Waals surface area contributed by atoms with Gasteiger partial charge in [0.2, 0.25) is 5.91 Å². The molecule has 0 radical (unpaired) electrons. The molecule has 3 unspecified atom stereocenters. The second kappa shape index (κ2) is 8.74. The van der Waals surface area contributed by atoms with E-state index in [1.807, 2.05) is 13.8 Å². The minimum absolute atomic E-state index is 0.264. The van der Waals surface area contributed by atoms with Crippen LogP contribution in [0.4, 0.5) is 0 Å². The Balaban J connectivity index is 2.20. The molecule has 0 aliphatic heterocycles. The van der Waals surface area contributed by atoms with Crippen molar-refractivity contribution in [3.05, 3.63) is 0 Å². The predicted octanol–water partition coefficient (Wildman–Crippen LogP) is 2.85. The van der Waals surface area contributed by atoms with Gasteiger partial charge in [-0.05, 0) is 63.8 Å². The van der Waals surface area contributed by atoms with E-state index in [0.717, 1.165) is 44.2 Å². The lowest BCUT2D eigenvalue weighted by Gasteiger charge is -2.31. The van der Waals surface area contributed by atoms with Gasteiger partial charge in [0.25, 0.3) is 0 Å². The summed E-state index contributed by atoms with van der Waals surface area (Å²) in [6.45, 7) is 10.1. The summed E-state index contributed by atoms with van der Waals surface area (Å²) in [6.07, 6.45) is 6.88. The van der Waals surface area contributed by atoms with Gasteiger partial charge in [-0.3, -0.25) is 4.79 Å². The first kappa shape index (κ1) is 18.4. The Labute approximate surface area is 130 Å². The molecule has 1 aliphatic carbocycles. The number of primary amides is 1. The zero-order valence-corrected chi connectivity index (χ0v) is 14.3. The first-order chi connectivity index (χ1) is 9.87. The van der Waals surface area contributed by atoms with Crippen molar-refractivity contribution in [3.8, 4) is 0 Å². The molecular formula is C17H34N2O2. The van der Waals surface area contributed by atoms with E-state index in [0.29, 0.717) is 6.10 Å². The maximum Gasteiger partial charge on any atom is 0.237 e. The Morgan fingerprint density at radius 2 is 1.86 bits per heavy atom. The zero-order chi connectivity index (χ0) is 15.9. The third-order valence-corrected chi connectivity index (χ3v) is 4.67. The van der Waals surface area contributed by atoms with Crippen LogP contribution in [0.3, 0.4) is 0 Å². The maximum atomic E-state index is 11.5. The minimum atomic E-state index is -0.581. The molecule has 0 heterocycles. The normalized spacial score (nSPS) is 29.0. The highest BCUT2D eigenvalue weighted by Crippen LogP contribution is 2.30. The Morgan fingerprint density at radius 3 is 2.38 bits per heavy atom. The quantitative estimate of drug-likeness (QED) is 0.643. The first-order valence-corrected chi connectivity index (χ1v) is 8.54. The van der Waals surface area contributed by atoms with Crippen LogP contribution >= 0.6 is 0 Å². The van der Waals surface area contributed by atoms with E-state index in [1.54, 1.807) is 0 Å². The number of amides is 1. The molecule has 4 nitrogen and oxygen atoms in total. The average Bonchev–Trinajstić information content (AvgIpc) is 2.37. The van der Waals surface area contributed by atoms with E-state index in [4.69, 9.17) is 10.5 Å². The van der Waals surface area contributed by atoms with Crippen molar-refractivity contribution in [3.63, 3.8) is 0 Å². The molecule has 0 aromatic carbocycles. The minimum Gasteiger partial charge on any atom is -0.378 e. The van der Waals surface area contributed by atoms with E-state index in [2.05, 4.69) is 19.2 Å². The van der Waals surface area contributed by atoms with Gasteiger partial charge in [0, 0.05) is 6.61 Å². The summed E-state index contributed by atoms with van der Waals surface area (Å²) < 4.78 is 6.02. The van der Waals surface area contributed by atoms with E-state index < -0.39 is 5.54 Å². The summed E-state index contributed by atoms with van der Waals surface area (Å²) in [6, 6.07) is 0. The molecule has 4 heteroatoms. The molecule has 1 aliphatic rings. The lowest BCUT2D eigenvalue weighted by molar-refractivity contribution is -0.124. The number of rotatable bonds is 9. The average molecular weight is 298 g/mol. The van der Waals surface area contributed by atoms with Crippen LogP contribution in [0, 0.1) is 11.8 Å². The molecule has 1 saturated carbocycles. The third-order valence-electron chi connectivity index (χ3n) is 4.67. The third kappa shape index (κ3) is 6.35. The smallest absolute Gasteiger partial charge is 0.237 e. The number of hydrogen-bond donors (Lipinski definition) is 2. The first-order valence-electron chi connectivity index (χ1n) is 8.54. The molecule has 1 amide bonds. The van der Waals surface area contributed by atoms with Crippen molar-refractivity contribution < 1.29 is 9.53 Å². The number of carbonyl (C=O) groups is 1. The van der Waals surface area contributed by atoms with Crippen LogP contribution in [0.2, 0.25) is 0 Å². The summed E-state index contributed by atoms with van der Waals surface area (Å²) in [4.78, 5) is 11.5. The summed E-state index contributed by atoms with van der Waals surface area (Å²) in [7, 11) is 0. The summed E-state index contributed by atoms with van der Waals surface area (Å²) in [5.74, 6) is 1.30. The topological polar surface area (TPSA) is 64.3 Å². The molecule has 124 valence electrons. The number of hydrogen-bond acceptors (Lipinski definition) is 3. The number of carbonyl (C=O) groups excluding carboxylic acids is 1. The Bertz CT molecular complexity index is 312. The van der Waals surface area contributed by atoms with Gasteiger partial charge in [-0.15, -0.1) is 0 Å². The highest BCUT2D eigenvalue weighted by atomic mass is 16.5. The van der Waals surface area contributed by atoms with Crippen LogP contribution < -0.4 is 11.1 Å². The fourth-order valence-corrected chi connectivity index (χ4v) is 3.53. The van der Waals surface area contributed by atoms with Gasteiger partial charge in [0.15, 0.2) is 0 Å². The SMILES string of the molecule is CCNC(C)(CCCCOC1CC(C)CC(C)C1)C(N)=O. The van der Waals surface area contributed by atoms with Gasteiger partial charge >= 0.3 is 0 Å². The number of ether oxygens (including phenoxy) is 1. The fourth-order valence-electron chi connectivity index (χ4n) is 3.53. The van der Waals surface area contributed by atoms with Crippen LogP contribution in [0.15, 0.2) is 0 Å². The molecule has 0 aromatic rings. The van der Waals surface area contributed by atoms with Gasteiger partial charge in [-0.25, -0.2) is 0 Å². The van der Waals surface area contributed by atoms with E-state index in [-0.39, 0.29) is 5.91 Å². The molecule has 0 bridgehead atoms. The second-order valence-corrected chi connectivity index (χ2v) is 7.09. The van der Waals surface area contributed by atoms with E-state index in [9.17, 15) is 4.79 Å². The van der Waals surface area contributed by atoms with Crippen molar-refractivity contribution in [1.82, 2.24) is 5.32 Å². The van der Waals surface area contributed by atoms with Gasteiger partial charge in [0.05, 0.1) is 11.6 Å². The lowest BCUT2D eigenvalue weighted by Crippen LogP contribution is -2.53. The van der Waals surface area contributed by atoms with Gasteiger partial charge in [-0.2, -0.15) is 0 Å². The van der Waals surface area contributed by atoms with Gasteiger partial charge in [-0.1, -0.05) is 20.8 Å². The standard InChI is InChI=1S/C17H34N2O2/c1-5-19-17(4,16(18)20)8-6-7-9-21-15-11-13(2)10-14(3)12-15/h13-15,19H,5-12H2,1-4H3,(H2,18,20). The fraction of sp³-hybridized carbons (Fsp3) is 0.941. The molecule has 3 atom stereocenters. The molecule has 0 spiro atoms. The largest absolute Gasteiger partial charge is 0.378 e. The maximum absolute atomic E-state index is 11.5. The summed E-state index contributed by atoms with van der Waals surface area (Å²) >= 11 is 0. The molecule has 1 rings (SSSR count). The number of nitrogens with one attached hydrogen (secondary N) is 1. The molecule has 21 heavy (non-hydrogen) atoms. The Morgan fingerprint density at radius 1 is 1.24 bits per heavy atom. The van der Waals surface area contributed by atoms with E-state index in [1.165, 1.54) is 19.3 Å². The van der Waals surface area contributed by atoms with Gasteiger partial charge < -0.3 is 15.8 Å². The molecule has 3 N–H and O–H groups in total. The van der Waals surface area contributed by atoms with Crippen LogP contribution in [-0.2, 0) is 9.53 Å². The highest BCUT2D eigenvalue weighted by Gasteiger charge is 2.29. The predicted molar refractivity (Wildman–Crippen MR) is 87.0 cm³/mol. The Kier molecular flexibility index (Phi) is 7.67. The number of likely N-dealkylation sites (N-methyl/N-ethyl adjacent to an activating group) is 1. The molecule has 1 fully saturated rings. The second-order valence-electron chi connectivity index (χ2n) is 7.09. The van der Waals surface area contributed by atoms with E-state index >= 15 is 0 Å². The van der Waals surface area contributed by atoms with Crippen LogP contribution in [0.5, 0.6) is 0 Å². The van der Waals surface area contributed by atoms with Crippen LogP contribution in [-0.4, -0.2) is 30.7 Å². The van der Waals surface area contributed by atoms with Crippen molar-refractivity contribution in [2.75, 3.05) is 13.2 Å². The van der Waals surface area contributed by atoms with Crippen LogP contribution in [0.1, 0.15) is 66.2 Å². The number of nitrogens with two attached hydrogens (primary N) is 1. The van der Waals surface area contributed by atoms with Crippen molar-refractivity contribution in [1.29, 1.82) is 0 Å². The lowest BCUT2D eigenvalue weighted by atomic mass is 9.82. The Hall–Kier alpha value is -0.610. The van der Waals surface area contributed by atoms with Crippen molar-refractivity contribution >= 4 is 5.91 Å². The van der Waals surface area contributed by atoms with Crippen LogP contribution in [0.25, 0.3) is 0 Å². The number of unbranched alkanes of at least 4 members (excludes halogenated alkanes) is 1. The zero-order valence-electron chi connectivity index (χ0n) is 14.3. The van der Waals surface area contributed by atoms with Crippen molar-refractivity contribution in [2.45, 2.75) is 77.9 Å². The summed E-state index contributed by atoms with van der Waals surface area (Å²) in [5, 5.41) is 3.19. The van der Waals surface area contributed by atoms with Gasteiger partial charge in [0.1, 0.15) is 0 Å². The molecular weight excluding hydrogens is 264 g/mol. The molecule has 0 aromatic heterocycles. The van der Waals surface area contributed by atoms with Crippen molar-refractivity contribution in [2.24, 2.45) is 17.6 Å². The molecule has 0 saturated heterocycles.